The van der Waals surface area contributed by atoms with E-state index in [0.717, 1.165) is 109 Å². The molecule has 0 saturated heterocycles. The number of carbonyl (C=O) groups excluding carboxylic acids is 4. The van der Waals surface area contributed by atoms with Gasteiger partial charge in [-0.25, -0.2) is 9.13 Å². The van der Waals surface area contributed by atoms with E-state index in [1.54, 1.807) is 0 Å². The number of carbonyl (C=O) groups is 4. The summed E-state index contributed by atoms with van der Waals surface area (Å²) in [4.78, 5) is 73.1. The summed E-state index contributed by atoms with van der Waals surface area (Å²) < 4.78 is 68.8. The van der Waals surface area contributed by atoms with E-state index in [1.165, 1.54) is 250 Å². The standard InChI is InChI=1S/C86H164O17P2/c1-6-10-13-16-19-22-25-27-29-30-31-32-33-34-35-37-43-47-52-57-62-67-72-86(91)103-82(76-97-84(89)70-65-60-55-50-45-41-39-38-40-44-48-53-58-63-68-79(5)9-4)78-101-105(94,95)99-74-80(87)73-98-104(92,93)100-77-81(75-96-83(88)69-64-59-54-49-24-21-18-15-12-8-3)102-85(90)71-66-61-56-51-46-42-36-28-26-23-20-17-14-11-7-2/h23,26,28,36,79-82,87H,6-22,24-25,27,29-35,37-78H2,1-5H3,(H,92,93)(H,94,95)/b26-23-,36-28-/t79?,80-,81+,82+/m0/s1. The zero-order valence-corrected chi connectivity index (χ0v) is 70.1. The highest BCUT2D eigenvalue weighted by Gasteiger charge is 2.30. The maximum atomic E-state index is 13.1. The van der Waals surface area contributed by atoms with Crippen LogP contribution in [0.1, 0.15) is 439 Å². The van der Waals surface area contributed by atoms with E-state index in [-0.39, 0.29) is 25.7 Å². The Labute approximate surface area is 643 Å². The van der Waals surface area contributed by atoms with Gasteiger partial charge in [0.15, 0.2) is 12.2 Å². The maximum absolute atomic E-state index is 13.1. The summed E-state index contributed by atoms with van der Waals surface area (Å²) in [7, 11) is -9.94. The van der Waals surface area contributed by atoms with Crippen LogP contribution in [0.5, 0.6) is 0 Å². The Balaban J connectivity index is 5.25. The number of phosphoric ester groups is 2. The van der Waals surface area contributed by atoms with Gasteiger partial charge < -0.3 is 33.8 Å². The highest BCUT2D eigenvalue weighted by molar-refractivity contribution is 7.47. The van der Waals surface area contributed by atoms with E-state index in [4.69, 9.17) is 37.0 Å². The average molecular weight is 1530 g/mol. The quantitative estimate of drug-likeness (QED) is 0.0169. The van der Waals surface area contributed by atoms with E-state index in [2.05, 4.69) is 58.9 Å². The Morgan fingerprint density at radius 3 is 0.810 bits per heavy atom. The molecule has 620 valence electrons. The molecule has 0 rings (SSSR count). The zero-order valence-electron chi connectivity index (χ0n) is 68.4. The van der Waals surface area contributed by atoms with Crippen LogP contribution < -0.4 is 0 Å². The van der Waals surface area contributed by atoms with Crippen molar-refractivity contribution in [3.05, 3.63) is 24.3 Å². The van der Waals surface area contributed by atoms with E-state index >= 15 is 0 Å². The summed E-state index contributed by atoms with van der Waals surface area (Å²) in [5.41, 5.74) is 0. The predicted octanol–water partition coefficient (Wildman–Crippen LogP) is 25.9. The Bertz CT molecular complexity index is 2090. The molecule has 0 bridgehead atoms. The molecule has 0 aromatic heterocycles. The van der Waals surface area contributed by atoms with Gasteiger partial charge in [0.2, 0.25) is 0 Å². The van der Waals surface area contributed by atoms with Crippen molar-refractivity contribution in [2.75, 3.05) is 39.6 Å². The molecule has 105 heavy (non-hydrogen) atoms. The fraction of sp³-hybridized carbons (Fsp3) is 0.907. The van der Waals surface area contributed by atoms with Crippen LogP contribution in [-0.2, 0) is 65.4 Å². The molecule has 0 aliphatic carbocycles. The van der Waals surface area contributed by atoms with Gasteiger partial charge in [-0.3, -0.25) is 37.3 Å². The van der Waals surface area contributed by atoms with Gasteiger partial charge in [0, 0.05) is 25.7 Å². The van der Waals surface area contributed by atoms with Crippen molar-refractivity contribution in [3.8, 4) is 0 Å². The summed E-state index contributed by atoms with van der Waals surface area (Å²) in [6.45, 7) is 7.34. The number of phosphoric acid groups is 2. The number of aliphatic hydroxyl groups is 1. The second-order valence-corrected chi connectivity index (χ2v) is 33.4. The normalized spacial score (nSPS) is 14.2. The molecule has 0 heterocycles. The van der Waals surface area contributed by atoms with Gasteiger partial charge in [0.1, 0.15) is 19.3 Å². The minimum absolute atomic E-state index is 0.0856. The molecule has 0 spiro atoms. The lowest BCUT2D eigenvalue weighted by atomic mass is 9.99. The van der Waals surface area contributed by atoms with E-state index < -0.39 is 97.5 Å². The molecule has 0 radical (unpaired) electrons. The molecule has 3 unspecified atom stereocenters. The zero-order chi connectivity index (χ0) is 76.9. The molecular formula is C86H164O17P2. The minimum atomic E-state index is -4.97. The van der Waals surface area contributed by atoms with Gasteiger partial charge in [-0.05, 0) is 57.3 Å². The lowest BCUT2D eigenvalue weighted by Crippen LogP contribution is -2.30. The number of hydrogen-bond donors (Lipinski definition) is 3. The van der Waals surface area contributed by atoms with Crippen LogP contribution >= 0.6 is 15.6 Å². The number of unbranched alkanes of at least 4 members (excludes halogenated alkanes) is 52. The third-order valence-electron chi connectivity index (χ3n) is 20.0. The number of esters is 4. The van der Waals surface area contributed by atoms with Crippen LogP contribution in [-0.4, -0.2) is 96.7 Å². The first-order valence-corrected chi connectivity index (χ1v) is 47.0. The molecule has 19 heteroatoms. The molecular weight excluding hydrogens is 1370 g/mol. The van der Waals surface area contributed by atoms with Crippen LogP contribution in [0.4, 0.5) is 0 Å². The predicted molar refractivity (Wildman–Crippen MR) is 432 cm³/mol. The Morgan fingerprint density at radius 2 is 0.533 bits per heavy atom. The summed E-state index contributed by atoms with van der Waals surface area (Å²) in [5.74, 6) is -1.28. The van der Waals surface area contributed by atoms with Crippen molar-refractivity contribution in [3.63, 3.8) is 0 Å². The number of ether oxygens (including phenoxy) is 4. The third-order valence-corrected chi connectivity index (χ3v) is 21.9. The van der Waals surface area contributed by atoms with Crippen molar-refractivity contribution in [1.29, 1.82) is 0 Å². The van der Waals surface area contributed by atoms with E-state index in [9.17, 15) is 43.2 Å². The van der Waals surface area contributed by atoms with Gasteiger partial charge in [-0.2, -0.15) is 0 Å². The lowest BCUT2D eigenvalue weighted by molar-refractivity contribution is -0.161. The van der Waals surface area contributed by atoms with Crippen LogP contribution in [0, 0.1) is 5.92 Å². The number of rotatable bonds is 84. The number of allylic oxidation sites excluding steroid dienone is 4. The summed E-state index contributed by atoms with van der Waals surface area (Å²) in [5, 5.41) is 10.7. The Hall–Kier alpha value is -2.46. The molecule has 0 saturated carbocycles. The first kappa shape index (κ1) is 103. The van der Waals surface area contributed by atoms with Crippen molar-refractivity contribution < 1.29 is 80.2 Å². The highest BCUT2D eigenvalue weighted by atomic mass is 31.2. The molecule has 0 fully saturated rings. The number of hydrogen-bond acceptors (Lipinski definition) is 15. The van der Waals surface area contributed by atoms with Gasteiger partial charge in [-0.1, -0.05) is 386 Å². The van der Waals surface area contributed by atoms with Crippen molar-refractivity contribution >= 4 is 39.5 Å². The molecule has 0 aromatic rings. The smallest absolute Gasteiger partial charge is 0.462 e. The van der Waals surface area contributed by atoms with Crippen LogP contribution in [0.15, 0.2) is 24.3 Å². The lowest BCUT2D eigenvalue weighted by Gasteiger charge is -2.21. The van der Waals surface area contributed by atoms with E-state index in [0.29, 0.717) is 25.7 Å². The second-order valence-electron chi connectivity index (χ2n) is 30.5. The maximum Gasteiger partial charge on any atom is 0.472 e. The first-order valence-electron chi connectivity index (χ1n) is 44.0. The van der Waals surface area contributed by atoms with Crippen LogP contribution in [0.2, 0.25) is 0 Å². The van der Waals surface area contributed by atoms with Crippen LogP contribution in [0.25, 0.3) is 0 Å². The molecule has 0 aromatic carbocycles. The summed E-state index contributed by atoms with van der Waals surface area (Å²) in [6.07, 6.45) is 74.4. The molecule has 0 aliphatic heterocycles. The minimum Gasteiger partial charge on any atom is -0.462 e. The fourth-order valence-electron chi connectivity index (χ4n) is 12.9. The summed E-state index contributed by atoms with van der Waals surface area (Å²) in [6, 6.07) is 0. The highest BCUT2D eigenvalue weighted by Crippen LogP contribution is 2.45. The topological polar surface area (TPSA) is 237 Å². The molecule has 0 amide bonds. The molecule has 3 N–H and O–H groups in total. The fourth-order valence-corrected chi connectivity index (χ4v) is 14.5. The first-order chi connectivity index (χ1) is 51.1. The van der Waals surface area contributed by atoms with Crippen molar-refractivity contribution in [2.24, 2.45) is 5.92 Å². The average Bonchev–Trinajstić information content (AvgIpc) is 0.921. The third kappa shape index (κ3) is 78.0. The Kier molecular flexibility index (Phi) is 76.4. The van der Waals surface area contributed by atoms with Gasteiger partial charge in [-0.15, -0.1) is 0 Å². The molecule has 17 nitrogen and oxygen atoms in total. The van der Waals surface area contributed by atoms with Crippen molar-refractivity contribution in [2.45, 2.75) is 457 Å². The van der Waals surface area contributed by atoms with Gasteiger partial charge in [0.05, 0.1) is 26.4 Å². The largest absolute Gasteiger partial charge is 0.472 e. The SMILES string of the molecule is CCCCCC/C=C\C=C/CCCCCCCC(=O)O[C@H](COC(=O)CCCCCCCCCCCC)COP(=O)(O)OC[C@H](O)COP(=O)(O)OC[C@@H](COC(=O)CCCCCCCCCCCCCCCCC(C)CC)OC(=O)CCCCCCCCCCCCCCCCCCCCCCCC. The molecule has 0 aliphatic rings. The van der Waals surface area contributed by atoms with Crippen molar-refractivity contribution in [1.82, 2.24) is 0 Å². The summed E-state index contributed by atoms with van der Waals surface area (Å²) >= 11 is 0. The van der Waals surface area contributed by atoms with Gasteiger partial charge in [0.25, 0.3) is 0 Å². The van der Waals surface area contributed by atoms with E-state index in [1.807, 2.05) is 0 Å². The Morgan fingerprint density at radius 1 is 0.305 bits per heavy atom. The number of aliphatic hydroxyl groups excluding tert-OH is 1. The second kappa shape index (κ2) is 78.2. The monoisotopic (exact) mass is 1530 g/mol. The molecule has 6 atom stereocenters. The van der Waals surface area contributed by atoms with Crippen LogP contribution in [0.3, 0.4) is 0 Å². The van der Waals surface area contributed by atoms with Gasteiger partial charge >= 0.3 is 39.5 Å².